The number of pyridine rings is 1. The van der Waals surface area contributed by atoms with Crippen LogP contribution in [-0.2, 0) is 9.53 Å². The minimum atomic E-state index is -0.534. The Labute approximate surface area is 159 Å². The van der Waals surface area contributed by atoms with E-state index in [9.17, 15) is 4.79 Å². The Bertz CT molecular complexity index is 1000. The molecular weight excluding hydrogens is 338 g/mol. The van der Waals surface area contributed by atoms with Crippen LogP contribution in [-0.4, -0.2) is 23.7 Å². The van der Waals surface area contributed by atoms with E-state index in [2.05, 4.69) is 4.98 Å². The predicted octanol–water partition coefficient (Wildman–Crippen LogP) is 5.27. The lowest BCUT2D eigenvalue weighted by Gasteiger charge is -2.18. The molecule has 4 nitrogen and oxygen atoms in total. The largest absolute Gasteiger partial charge is 0.497 e. The van der Waals surface area contributed by atoms with E-state index in [0.29, 0.717) is 0 Å². The van der Waals surface area contributed by atoms with Gasteiger partial charge in [-0.3, -0.25) is 4.98 Å². The normalized spacial score (nSPS) is 11.7. The molecule has 0 spiro atoms. The van der Waals surface area contributed by atoms with Crippen molar-refractivity contribution in [1.82, 2.24) is 4.98 Å². The van der Waals surface area contributed by atoms with E-state index >= 15 is 0 Å². The number of carbonyl (C=O) groups excluding carboxylic acids is 1. The molecule has 27 heavy (non-hydrogen) atoms. The summed E-state index contributed by atoms with van der Waals surface area (Å²) in [6.07, 6.45) is 5.07. The number of carbonyl (C=O) groups is 1. The Hall–Kier alpha value is -3.14. The smallest absolute Gasteiger partial charge is 0.331 e. The van der Waals surface area contributed by atoms with Crippen molar-refractivity contribution in [3.8, 4) is 17.0 Å². The van der Waals surface area contributed by atoms with Gasteiger partial charge < -0.3 is 9.47 Å². The molecule has 0 saturated carbocycles. The second-order valence-electron chi connectivity index (χ2n) is 7.21. The quantitative estimate of drug-likeness (QED) is 0.469. The molecule has 0 radical (unpaired) electrons. The Morgan fingerprint density at radius 2 is 1.85 bits per heavy atom. The van der Waals surface area contributed by atoms with E-state index in [1.165, 1.54) is 6.08 Å². The van der Waals surface area contributed by atoms with Gasteiger partial charge in [0.15, 0.2) is 0 Å². The predicted molar refractivity (Wildman–Crippen MR) is 109 cm³/mol. The maximum absolute atomic E-state index is 12.2. The first kappa shape index (κ1) is 18.6. The molecule has 1 aromatic heterocycles. The van der Waals surface area contributed by atoms with E-state index in [1.807, 2.05) is 75.5 Å². The summed E-state index contributed by atoms with van der Waals surface area (Å²) in [7, 11) is 1.64. The average molecular weight is 361 g/mol. The summed E-state index contributed by atoms with van der Waals surface area (Å²) < 4.78 is 10.7. The summed E-state index contributed by atoms with van der Waals surface area (Å²) >= 11 is 0. The van der Waals surface area contributed by atoms with Crippen molar-refractivity contribution in [3.63, 3.8) is 0 Å². The number of aromatic nitrogens is 1. The molecule has 0 amide bonds. The van der Waals surface area contributed by atoms with Gasteiger partial charge in [-0.05, 0) is 44.4 Å². The van der Waals surface area contributed by atoms with Gasteiger partial charge in [0.1, 0.15) is 11.4 Å². The Morgan fingerprint density at radius 3 is 2.59 bits per heavy atom. The number of ether oxygens (including phenoxy) is 2. The highest BCUT2D eigenvalue weighted by atomic mass is 16.6. The number of hydrogen-bond acceptors (Lipinski definition) is 4. The summed E-state index contributed by atoms with van der Waals surface area (Å²) in [5, 5.41) is 2.03. The highest BCUT2D eigenvalue weighted by molar-refractivity contribution is 5.98. The third-order valence-electron chi connectivity index (χ3n) is 3.97. The molecule has 0 aliphatic rings. The fourth-order valence-corrected chi connectivity index (χ4v) is 2.84. The van der Waals surface area contributed by atoms with Crippen LogP contribution in [0.15, 0.2) is 60.8 Å². The third-order valence-corrected chi connectivity index (χ3v) is 3.97. The van der Waals surface area contributed by atoms with Crippen molar-refractivity contribution in [2.75, 3.05) is 7.11 Å². The molecule has 1 heterocycles. The van der Waals surface area contributed by atoms with Crippen molar-refractivity contribution in [2.45, 2.75) is 26.4 Å². The van der Waals surface area contributed by atoms with E-state index < -0.39 is 5.60 Å². The zero-order chi connectivity index (χ0) is 19.4. The lowest BCUT2D eigenvalue weighted by Crippen LogP contribution is -2.22. The SMILES string of the molecule is COc1cccc(-c2ncc3ccccc3c2/C=C/C(=O)OC(C)(C)C)c1. The van der Waals surface area contributed by atoms with E-state index in [0.717, 1.165) is 33.3 Å². The van der Waals surface area contributed by atoms with Gasteiger partial charge in [0.25, 0.3) is 0 Å². The molecule has 0 bridgehead atoms. The van der Waals surface area contributed by atoms with Crippen molar-refractivity contribution < 1.29 is 14.3 Å². The third kappa shape index (κ3) is 4.53. The second kappa shape index (κ2) is 7.62. The van der Waals surface area contributed by atoms with Gasteiger partial charge in [-0.2, -0.15) is 0 Å². The molecule has 0 fully saturated rings. The molecular formula is C23H23NO3. The molecule has 0 aliphatic heterocycles. The summed E-state index contributed by atoms with van der Waals surface area (Å²) in [4.78, 5) is 16.8. The fraction of sp³-hybridized carbons (Fsp3) is 0.217. The summed E-state index contributed by atoms with van der Waals surface area (Å²) in [6, 6.07) is 15.7. The monoisotopic (exact) mass is 361 g/mol. The first-order valence-corrected chi connectivity index (χ1v) is 8.80. The first-order chi connectivity index (χ1) is 12.9. The van der Waals surface area contributed by atoms with Gasteiger partial charge >= 0.3 is 5.97 Å². The van der Waals surface area contributed by atoms with Gasteiger partial charge in [0, 0.05) is 28.8 Å². The van der Waals surface area contributed by atoms with Crippen molar-refractivity contribution in [3.05, 3.63) is 66.4 Å². The molecule has 0 saturated heterocycles. The zero-order valence-corrected chi connectivity index (χ0v) is 16.0. The Morgan fingerprint density at radius 1 is 1.07 bits per heavy atom. The summed E-state index contributed by atoms with van der Waals surface area (Å²) in [5.41, 5.74) is 2.04. The van der Waals surface area contributed by atoms with Crippen LogP contribution in [0.1, 0.15) is 26.3 Å². The van der Waals surface area contributed by atoms with Crippen molar-refractivity contribution in [2.24, 2.45) is 0 Å². The number of methoxy groups -OCH3 is 1. The zero-order valence-electron chi connectivity index (χ0n) is 16.0. The number of rotatable bonds is 4. The molecule has 0 atom stereocenters. The number of fused-ring (bicyclic) bond motifs is 1. The van der Waals surface area contributed by atoms with Gasteiger partial charge in [-0.1, -0.05) is 36.4 Å². The molecule has 0 N–H and O–H groups in total. The molecule has 0 unspecified atom stereocenters. The number of benzene rings is 2. The lowest BCUT2D eigenvalue weighted by molar-refractivity contribution is -0.148. The van der Waals surface area contributed by atoms with Crippen molar-refractivity contribution in [1.29, 1.82) is 0 Å². The van der Waals surface area contributed by atoms with Gasteiger partial charge in [-0.15, -0.1) is 0 Å². The fourth-order valence-electron chi connectivity index (χ4n) is 2.84. The maximum Gasteiger partial charge on any atom is 0.331 e. The van der Waals surface area contributed by atoms with Crippen LogP contribution in [0.4, 0.5) is 0 Å². The maximum atomic E-state index is 12.2. The molecule has 2 aromatic carbocycles. The summed E-state index contributed by atoms with van der Waals surface area (Å²) in [6.45, 7) is 5.54. The highest BCUT2D eigenvalue weighted by Gasteiger charge is 2.15. The molecule has 3 aromatic rings. The number of nitrogens with zero attached hydrogens (tertiary/aromatic N) is 1. The first-order valence-electron chi connectivity index (χ1n) is 8.80. The van der Waals surface area contributed by atoms with Gasteiger partial charge in [0.2, 0.25) is 0 Å². The van der Waals surface area contributed by atoms with Crippen LogP contribution in [0.5, 0.6) is 5.75 Å². The number of hydrogen-bond donors (Lipinski definition) is 0. The second-order valence-corrected chi connectivity index (χ2v) is 7.21. The van der Waals surface area contributed by atoms with Crippen LogP contribution >= 0.6 is 0 Å². The lowest BCUT2D eigenvalue weighted by atomic mass is 9.99. The molecule has 3 rings (SSSR count). The Balaban J connectivity index is 2.11. The minimum Gasteiger partial charge on any atom is -0.497 e. The van der Waals surface area contributed by atoms with E-state index in [4.69, 9.17) is 9.47 Å². The van der Waals surface area contributed by atoms with Crippen LogP contribution < -0.4 is 4.74 Å². The molecule has 4 heteroatoms. The van der Waals surface area contributed by atoms with E-state index in [-0.39, 0.29) is 5.97 Å². The topological polar surface area (TPSA) is 48.4 Å². The number of esters is 1. The summed E-state index contributed by atoms with van der Waals surface area (Å²) in [5.74, 6) is 0.372. The Kier molecular flexibility index (Phi) is 5.26. The van der Waals surface area contributed by atoms with Crippen LogP contribution in [0.3, 0.4) is 0 Å². The van der Waals surface area contributed by atoms with Gasteiger partial charge in [0.05, 0.1) is 12.8 Å². The average Bonchev–Trinajstić information content (AvgIpc) is 2.64. The van der Waals surface area contributed by atoms with Crippen molar-refractivity contribution >= 4 is 22.8 Å². The van der Waals surface area contributed by atoms with E-state index in [1.54, 1.807) is 13.2 Å². The molecule has 0 aliphatic carbocycles. The highest BCUT2D eigenvalue weighted by Crippen LogP contribution is 2.31. The molecule has 138 valence electrons. The standard InChI is InChI=1S/C23H23NO3/c1-23(2,3)27-21(25)13-12-20-19-11-6-5-8-17(19)15-24-22(20)16-9-7-10-18(14-16)26-4/h5-15H,1-4H3/b13-12+. The van der Waals surface area contributed by atoms with Crippen LogP contribution in [0.25, 0.3) is 28.1 Å². The van der Waals surface area contributed by atoms with Gasteiger partial charge in [-0.25, -0.2) is 4.79 Å². The van der Waals surface area contributed by atoms with Crippen LogP contribution in [0.2, 0.25) is 0 Å². The van der Waals surface area contributed by atoms with Crippen LogP contribution in [0, 0.1) is 0 Å². The minimum absolute atomic E-state index is 0.382.